The van der Waals surface area contributed by atoms with E-state index in [4.69, 9.17) is 5.11 Å². The van der Waals surface area contributed by atoms with Crippen molar-refractivity contribution in [1.82, 2.24) is 5.32 Å². The van der Waals surface area contributed by atoms with E-state index in [2.05, 4.69) is 5.32 Å². The minimum Gasteiger partial charge on any atom is -0.507 e. The van der Waals surface area contributed by atoms with Gasteiger partial charge in [0.05, 0.1) is 3.57 Å². The minimum absolute atomic E-state index is 0.116. The van der Waals surface area contributed by atoms with Crippen LogP contribution in [-0.2, 0) is 0 Å². The van der Waals surface area contributed by atoms with Crippen LogP contribution in [0.1, 0.15) is 30.1 Å². The molecule has 0 spiro atoms. The van der Waals surface area contributed by atoms with E-state index in [1.807, 2.05) is 29.5 Å². The number of hydrogen-bond donors (Lipinski definition) is 3. The first-order valence-corrected chi connectivity index (χ1v) is 7.04. The minimum atomic E-state index is -0.196. The average Bonchev–Trinajstić information content (AvgIpc) is 2.37. The first-order valence-electron chi connectivity index (χ1n) is 5.96. The van der Waals surface area contributed by atoms with Crippen molar-refractivity contribution >= 4 is 28.5 Å². The summed E-state index contributed by atoms with van der Waals surface area (Å²) in [6.07, 6.45) is 1.60. The highest BCUT2D eigenvalue weighted by molar-refractivity contribution is 14.1. The van der Waals surface area contributed by atoms with Gasteiger partial charge in [0.2, 0.25) is 0 Å². The number of phenolic OH excluding ortho intramolecular Hbond substituents is 1. The Morgan fingerprint density at radius 2 is 2.22 bits per heavy atom. The molecule has 18 heavy (non-hydrogen) atoms. The Kier molecular flexibility index (Phi) is 6.42. The molecule has 0 aliphatic rings. The van der Waals surface area contributed by atoms with Gasteiger partial charge in [0.1, 0.15) is 5.75 Å². The van der Waals surface area contributed by atoms with Crippen LogP contribution in [0.4, 0.5) is 0 Å². The maximum Gasteiger partial charge on any atom is 0.251 e. The fourth-order valence-corrected chi connectivity index (χ4v) is 1.96. The van der Waals surface area contributed by atoms with E-state index in [0.29, 0.717) is 18.5 Å². The van der Waals surface area contributed by atoms with Gasteiger partial charge in [-0.25, -0.2) is 0 Å². The van der Waals surface area contributed by atoms with Crippen molar-refractivity contribution in [1.29, 1.82) is 0 Å². The Balaban J connectivity index is 2.57. The lowest BCUT2D eigenvalue weighted by atomic mass is 10.0. The van der Waals surface area contributed by atoms with Gasteiger partial charge in [0, 0.05) is 18.7 Å². The van der Waals surface area contributed by atoms with Gasteiger partial charge in [-0.05, 0) is 53.1 Å². The van der Waals surface area contributed by atoms with Crippen LogP contribution in [0.3, 0.4) is 0 Å². The summed E-state index contributed by atoms with van der Waals surface area (Å²) in [5, 5.41) is 21.2. The van der Waals surface area contributed by atoms with Crippen LogP contribution in [0.25, 0.3) is 0 Å². The second kappa shape index (κ2) is 7.58. The highest BCUT2D eigenvalue weighted by atomic mass is 127. The van der Waals surface area contributed by atoms with Crippen molar-refractivity contribution in [2.24, 2.45) is 5.92 Å². The van der Waals surface area contributed by atoms with E-state index in [1.165, 1.54) is 6.07 Å². The van der Waals surface area contributed by atoms with Crippen LogP contribution in [0.2, 0.25) is 0 Å². The Morgan fingerprint density at radius 1 is 1.50 bits per heavy atom. The number of carbonyl (C=O) groups excluding carboxylic acids is 1. The highest BCUT2D eigenvalue weighted by Crippen LogP contribution is 2.20. The molecule has 0 saturated carbocycles. The van der Waals surface area contributed by atoms with Gasteiger partial charge in [0.25, 0.3) is 5.91 Å². The molecule has 0 aromatic heterocycles. The molecule has 3 N–H and O–H groups in total. The molecule has 1 unspecified atom stereocenters. The molecule has 100 valence electrons. The Morgan fingerprint density at radius 3 is 2.78 bits per heavy atom. The van der Waals surface area contributed by atoms with Gasteiger partial charge in [-0.2, -0.15) is 0 Å². The van der Waals surface area contributed by atoms with Crippen molar-refractivity contribution in [2.75, 3.05) is 13.2 Å². The zero-order chi connectivity index (χ0) is 13.5. The fraction of sp³-hybridized carbons (Fsp3) is 0.462. The van der Waals surface area contributed by atoms with Crippen molar-refractivity contribution in [2.45, 2.75) is 19.8 Å². The van der Waals surface area contributed by atoms with Crippen molar-refractivity contribution in [3.8, 4) is 5.75 Å². The second-order valence-corrected chi connectivity index (χ2v) is 5.32. The van der Waals surface area contributed by atoms with E-state index in [-0.39, 0.29) is 24.2 Å². The Labute approximate surface area is 121 Å². The summed E-state index contributed by atoms with van der Waals surface area (Å²) < 4.78 is 0.718. The van der Waals surface area contributed by atoms with Crippen molar-refractivity contribution in [3.05, 3.63) is 27.3 Å². The number of aromatic hydroxyl groups is 1. The van der Waals surface area contributed by atoms with Crippen molar-refractivity contribution in [3.63, 3.8) is 0 Å². The average molecular weight is 363 g/mol. The maximum absolute atomic E-state index is 11.8. The van der Waals surface area contributed by atoms with Crippen LogP contribution in [0.5, 0.6) is 5.75 Å². The van der Waals surface area contributed by atoms with Gasteiger partial charge in [0.15, 0.2) is 0 Å². The Bertz CT molecular complexity index is 409. The predicted molar refractivity (Wildman–Crippen MR) is 78.6 cm³/mol. The van der Waals surface area contributed by atoms with E-state index >= 15 is 0 Å². The molecule has 0 radical (unpaired) electrons. The zero-order valence-electron chi connectivity index (χ0n) is 10.3. The quantitative estimate of drug-likeness (QED) is 0.679. The maximum atomic E-state index is 11.8. The molecular formula is C13H18INO3. The molecule has 1 atom stereocenters. The fourth-order valence-electron chi connectivity index (χ4n) is 1.63. The topological polar surface area (TPSA) is 69.6 Å². The predicted octanol–water partition coefficient (Wildman–Crippen LogP) is 2.14. The smallest absolute Gasteiger partial charge is 0.251 e. The number of hydrogen-bond acceptors (Lipinski definition) is 3. The van der Waals surface area contributed by atoms with Crippen LogP contribution < -0.4 is 5.32 Å². The van der Waals surface area contributed by atoms with Gasteiger partial charge in [-0.1, -0.05) is 13.3 Å². The summed E-state index contributed by atoms with van der Waals surface area (Å²) in [4.78, 5) is 11.8. The molecule has 5 heteroatoms. The molecule has 0 aliphatic carbocycles. The molecule has 0 bridgehead atoms. The molecule has 0 fully saturated rings. The van der Waals surface area contributed by atoms with Gasteiger partial charge >= 0.3 is 0 Å². The molecule has 4 nitrogen and oxygen atoms in total. The third kappa shape index (κ3) is 4.45. The highest BCUT2D eigenvalue weighted by Gasteiger charge is 2.11. The molecule has 0 aliphatic heterocycles. The summed E-state index contributed by atoms with van der Waals surface area (Å²) in [6.45, 7) is 2.71. The van der Waals surface area contributed by atoms with E-state index < -0.39 is 0 Å². The summed E-state index contributed by atoms with van der Waals surface area (Å²) in [5.41, 5.74) is 0.451. The standard InChI is InChI=1S/C13H18INO3/c1-2-9(5-6-16)8-15-13(18)10-3-4-11(14)12(17)7-10/h3-4,7,9,16-17H,2,5-6,8H2,1H3,(H,15,18). The largest absolute Gasteiger partial charge is 0.507 e. The number of carbonyl (C=O) groups is 1. The summed E-state index contributed by atoms with van der Waals surface area (Å²) in [6, 6.07) is 4.85. The lowest BCUT2D eigenvalue weighted by Gasteiger charge is -2.14. The lowest BCUT2D eigenvalue weighted by Crippen LogP contribution is -2.29. The number of phenols is 1. The first-order chi connectivity index (χ1) is 8.58. The summed E-state index contributed by atoms with van der Waals surface area (Å²) in [7, 11) is 0. The van der Waals surface area contributed by atoms with Crippen LogP contribution in [-0.4, -0.2) is 29.3 Å². The third-order valence-electron chi connectivity index (χ3n) is 2.87. The number of aliphatic hydroxyl groups excluding tert-OH is 1. The van der Waals surface area contributed by atoms with Gasteiger partial charge in [-0.15, -0.1) is 0 Å². The molecule has 1 aromatic rings. The lowest BCUT2D eigenvalue weighted by molar-refractivity contribution is 0.0943. The number of amides is 1. The monoisotopic (exact) mass is 363 g/mol. The van der Waals surface area contributed by atoms with E-state index in [9.17, 15) is 9.90 Å². The van der Waals surface area contributed by atoms with Gasteiger partial charge in [-0.3, -0.25) is 4.79 Å². The Hall–Kier alpha value is -0.820. The second-order valence-electron chi connectivity index (χ2n) is 4.16. The molecule has 1 aromatic carbocycles. The SMILES string of the molecule is CCC(CCO)CNC(=O)c1ccc(I)c(O)c1. The number of nitrogens with one attached hydrogen (secondary N) is 1. The van der Waals surface area contributed by atoms with Crippen LogP contribution in [0.15, 0.2) is 18.2 Å². The number of benzene rings is 1. The number of rotatable bonds is 6. The molecule has 1 amide bonds. The number of halogens is 1. The first kappa shape index (κ1) is 15.2. The third-order valence-corrected chi connectivity index (χ3v) is 3.79. The molecule has 1 rings (SSSR count). The molecule has 0 saturated heterocycles. The normalized spacial score (nSPS) is 12.2. The summed E-state index contributed by atoms with van der Waals surface area (Å²) in [5.74, 6) is 0.208. The van der Waals surface area contributed by atoms with Gasteiger partial charge < -0.3 is 15.5 Å². The van der Waals surface area contributed by atoms with E-state index in [0.717, 1.165) is 9.99 Å². The van der Waals surface area contributed by atoms with Crippen LogP contribution in [0, 0.1) is 9.49 Å². The van der Waals surface area contributed by atoms with Crippen molar-refractivity contribution < 1.29 is 15.0 Å². The number of aliphatic hydroxyl groups is 1. The molecular weight excluding hydrogens is 345 g/mol. The summed E-state index contributed by atoms with van der Waals surface area (Å²) >= 11 is 2.00. The molecule has 0 heterocycles. The zero-order valence-corrected chi connectivity index (χ0v) is 12.5. The van der Waals surface area contributed by atoms with Crippen LogP contribution >= 0.6 is 22.6 Å². The van der Waals surface area contributed by atoms with E-state index in [1.54, 1.807) is 12.1 Å².